The second-order valence-electron chi connectivity index (χ2n) is 9.36. The number of rotatable bonds is 6. The number of hydrogen-bond acceptors (Lipinski definition) is 5. The van der Waals surface area contributed by atoms with Gasteiger partial charge in [0, 0.05) is 4.90 Å². The van der Waals surface area contributed by atoms with Gasteiger partial charge in [-0.15, -0.1) is 0 Å². The Morgan fingerprint density at radius 3 is 2.03 bits per heavy atom. The van der Waals surface area contributed by atoms with E-state index in [2.05, 4.69) is 72.7 Å². The van der Waals surface area contributed by atoms with Crippen LogP contribution in [0, 0.1) is 30.6 Å². The predicted molar refractivity (Wildman–Crippen MR) is 122 cm³/mol. The van der Waals surface area contributed by atoms with Gasteiger partial charge >= 0.3 is 0 Å². The van der Waals surface area contributed by atoms with Crippen molar-refractivity contribution in [2.45, 2.75) is 102 Å². The lowest BCUT2D eigenvalue weighted by Gasteiger charge is -2.48. The van der Waals surface area contributed by atoms with E-state index in [-0.39, 0.29) is 29.7 Å². The van der Waals surface area contributed by atoms with Crippen LogP contribution in [0.1, 0.15) is 59.9 Å². The van der Waals surface area contributed by atoms with Gasteiger partial charge in [-0.3, -0.25) is 0 Å². The van der Waals surface area contributed by atoms with Gasteiger partial charge in [-0.2, -0.15) is 0 Å². The molecule has 4 unspecified atom stereocenters. The highest BCUT2D eigenvalue weighted by molar-refractivity contribution is 7.99. The lowest BCUT2D eigenvalue weighted by molar-refractivity contribution is -0.306. The van der Waals surface area contributed by atoms with E-state index in [0.29, 0.717) is 17.8 Å². The molecule has 0 radical (unpaired) electrons. The van der Waals surface area contributed by atoms with Crippen molar-refractivity contribution in [1.82, 2.24) is 0 Å². The molecule has 4 nitrogen and oxygen atoms in total. The van der Waals surface area contributed by atoms with Gasteiger partial charge in [-0.05, 0) is 55.6 Å². The van der Waals surface area contributed by atoms with E-state index in [1.165, 1.54) is 10.5 Å². The maximum absolute atomic E-state index is 10.9. The Labute approximate surface area is 187 Å². The monoisotopic (exact) mass is 436 g/mol. The summed E-state index contributed by atoms with van der Waals surface area (Å²) in [7, 11) is 0. The molecule has 5 heteroatoms. The average Bonchev–Trinajstić information content (AvgIpc) is 2.74. The smallest absolute Gasteiger partial charge is 0.184 e. The molecule has 30 heavy (non-hydrogen) atoms. The van der Waals surface area contributed by atoms with Gasteiger partial charge in [0.1, 0.15) is 11.5 Å². The molecule has 170 valence electrons. The fourth-order valence-electron chi connectivity index (χ4n) is 4.77. The largest absolute Gasteiger partial charge is 0.388 e. The summed E-state index contributed by atoms with van der Waals surface area (Å²) in [5.74, 6) is 1.13. The first-order valence-corrected chi connectivity index (χ1v) is 12.5. The number of thioether (sulfide) groups is 1. The fourth-order valence-corrected chi connectivity index (χ4v) is 5.98. The summed E-state index contributed by atoms with van der Waals surface area (Å²) in [6.07, 6.45) is 0.845. The molecular formula is C25H40O4S. The van der Waals surface area contributed by atoms with Crippen LogP contribution in [-0.2, 0) is 14.2 Å². The van der Waals surface area contributed by atoms with Crippen molar-refractivity contribution in [2.75, 3.05) is 0 Å². The number of aliphatic hydroxyl groups excluding tert-OH is 1. The van der Waals surface area contributed by atoms with Gasteiger partial charge in [0.2, 0.25) is 0 Å². The summed E-state index contributed by atoms with van der Waals surface area (Å²) in [5, 5.41) is 10.9. The van der Waals surface area contributed by atoms with Crippen LogP contribution in [0.4, 0.5) is 0 Å². The molecule has 2 aliphatic rings. The molecule has 0 saturated carbocycles. The molecule has 0 aromatic heterocycles. The molecule has 0 aliphatic carbocycles. The van der Waals surface area contributed by atoms with Crippen molar-refractivity contribution in [2.24, 2.45) is 23.7 Å². The summed E-state index contributed by atoms with van der Waals surface area (Å²) < 4.78 is 19.4. The van der Waals surface area contributed by atoms with E-state index in [4.69, 9.17) is 14.2 Å². The lowest BCUT2D eigenvalue weighted by atomic mass is 9.81. The molecule has 2 heterocycles. The van der Waals surface area contributed by atoms with Crippen LogP contribution in [0.5, 0.6) is 0 Å². The highest BCUT2D eigenvalue weighted by atomic mass is 32.2. The highest BCUT2D eigenvalue weighted by Crippen LogP contribution is 2.43. The summed E-state index contributed by atoms with van der Waals surface area (Å²) in [6, 6.07) is 8.56. The van der Waals surface area contributed by atoms with Gasteiger partial charge in [0.05, 0.1) is 18.3 Å². The van der Waals surface area contributed by atoms with Crippen molar-refractivity contribution in [3.05, 3.63) is 29.8 Å². The zero-order valence-electron chi connectivity index (χ0n) is 19.6. The highest BCUT2D eigenvalue weighted by Gasteiger charge is 2.47. The molecule has 2 fully saturated rings. The molecule has 0 amide bonds. The molecule has 3 rings (SSSR count). The van der Waals surface area contributed by atoms with Crippen molar-refractivity contribution < 1.29 is 19.3 Å². The van der Waals surface area contributed by atoms with Crippen LogP contribution >= 0.6 is 11.8 Å². The first-order valence-electron chi connectivity index (χ1n) is 11.6. The standard InChI is InChI=1S/C25H40O4S/c1-8-20-15(4)17(6)22(26)24(27-20)29-23-18(7)16(5)21(9-2)28-25(23)30-19-12-10-14(3)11-13-19/h10-13,15-18,20-26H,8-9H2,1-7H3/t15-,16-,17-,18-,20?,21?,22?,23?,24+,25+/m0/s1. The van der Waals surface area contributed by atoms with E-state index in [9.17, 15) is 5.11 Å². The molecule has 0 bridgehead atoms. The summed E-state index contributed by atoms with van der Waals surface area (Å²) in [4.78, 5) is 1.18. The van der Waals surface area contributed by atoms with Crippen molar-refractivity contribution in [3.63, 3.8) is 0 Å². The molecule has 1 aromatic carbocycles. The number of benzene rings is 1. The Morgan fingerprint density at radius 2 is 1.43 bits per heavy atom. The number of aryl methyl sites for hydroxylation is 1. The second kappa shape index (κ2) is 10.4. The second-order valence-corrected chi connectivity index (χ2v) is 10.5. The van der Waals surface area contributed by atoms with E-state index in [0.717, 1.165) is 12.8 Å². The quantitative estimate of drug-likeness (QED) is 0.625. The zero-order chi connectivity index (χ0) is 22.0. The first-order chi connectivity index (χ1) is 14.3. The first kappa shape index (κ1) is 24.1. The summed E-state index contributed by atoms with van der Waals surface area (Å²) >= 11 is 1.72. The van der Waals surface area contributed by atoms with Crippen LogP contribution in [0.3, 0.4) is 0 Å². The van der Waals surface area contributed by atoms with E-state index in [1.54, 1.807) is 11.8 Å². The fraction of sp³-hybridized carbons (Fsp3) is 0.760. The summed E-state index contributed by atoms with van der Waals surface area (Å²) in [6.45, 7) is 15.2. The maximum atomic E-state index is 10.9. The normalized spacial score (nSPS) is 42.3. The average molecular weight is 437 g/mol. The van der Waals surface area contributed by atoms with Gasteiger partial charge < -0.3 is 19.3 Å². The number of aliphatic hydroxyl groups is 1. The van der Waals surface area contributed by atoms with Crippen LogP contribution in [0.2, 0.25) is 0 Å². The number of ether oxygens (including phenoxy) is 3. The number of hydrogen-bond donors (Lipinski definition) is 1. The molecule has 2 saturated heterocycles. The Morgan fingerprint density at radius 1 is 0.867 bits per heavy atom. The van der Waals surface area contributed by atoms with Crippen LogP contribution in [0.25, 0.3) is 0 Å². The molecule has 10 atom stereocenters. The minimum Gasteiger partial charge on any atom is -0.388 e. The molecule has 1 aromatic rings. The summed E-state index contributed by atoms with van der Waals surface area (Å²) in [5.41, 5.74) is 1.12. The Balaban J connectivity index is 1.81. The van der Waals surface area contributed by atoms with E-state index in [1.807, 2.05) is 0 Å². The zero-order valence-corrected chi connectivity index (χ0v) is 20.4. The molecular weight excluding hydrogens is 396 g/mol. The minimum atomic E-state index is -0.626. The topological polar surface area (TPSA) is 47.9 Å². The Kier molecular flexibility index (Phi) is 8.30. The van der Waals surface area contributed by atoms with E-state index >= 15 is 0 Å². The van der Waals surface area contributed by atoms with Crippen molar-refractivity contribution >= 4 is 11.8 Å². The van der Waals surface area contributed by atoms with Crippen molar-refractivity contribution in [1.29, 1.82) is 0 Å². The maximum Gasteiger partial charge on any atom is 0.184 e. The SMILES string of the molecule is CCC1O[C@H](OC2[C@@H](Sc3ccc(C)cc3)OC(CC)[C@@H](C)[C@@H]2C)C(O)[C@@H](C)[C@@H]1C. The van der Waals surface area contributed by atoms with Crippen LogP contribution < -0.4 is 0 Å². The predicted octanol–water partition coefficient (Wildman–Crippen LogP) is 5.65. The molecule has 2 aliphatic heterocycles. The van der Waals surface area contributed by atoms with Crippen LogP contribution in [0.15, 0.2) is 29.2 Å². The third kappa shape index (κ3) is 5.07. The van der Waals surface area contributed by atoms with E-state index < -0.39 is 12.4 Å². The minimum absolute atomic E-state index is 0.109. The third-order valence-electron chi connectivity index (χ3n) is 7.42. The van der Waals surface area contributed by atoms with Gasteiger partial charge in [0.15, 0.2) is 6.29 Å². The van der Waals surface area contributed by atoms with Crippen LogP contribution in [-0.4, -0.2) is 41.2 Å². The third-order valence-corrected chi connectivity index (χ3v) is 8.58. The Bertz CT molecular complexity index is 664. The van der Waals surface area contributed by atoms with Gasteiger partial charge in [-0.1, -0.05) is 71.0 Å². The van der Waals surface area contributed by atoms with Gasteiger partial charge in [-0.25, -0.2) is 0 Å². The Hall–Kier alpha value is -0.590. The van der Waals surface area contributed by atoms with Gasteiger partial charge in [0.25, 0.3) is 0 Å². The molecule has 1 N–H and O–H groups in total. The van der Waals surface area contributed by atoms with Crippen molar-refractivity contribution in [3.8, 4) is 0 Å². The lowest BCUT2D eigenvalue weighted by Crippen LogP contribution is -2.55. The molecule has 0 spiro atoms.